The minimum atomic E-state index is -0.315. The predicted octanol–water partition coefficient (Wildman–Crippen LogP) is 0.450. The topological polar surface area (TPSA) is 26.3 Å². The molecule has 8 heavy (non-hydrogen) atoms. The Morgan fingerprint density at radius 1 is 1.88 bits per heavy atom. The van der Waals surface area contributed by atoms with Crippen LogP contribution in [0.5, 0.6) is 0 Å². The summed E-state index contributed by atoms with van der Waals surface area (Å²) >= 11 is 0. The van der Waals surface area contributed by atoms with E-state index < -0.39 is 0 Å². The van der Waals surface area contributed by atoms with Gasteiger partial charge in [0.2, 0.25) is 0 Å². The number of allylic oxidation sites excluding steroid dienone is 2. The Hall–Kier alpha value is -1.23. The van der Waals surface area contributed by atoms with Gasteiger partial charge in [0, 0.05) is 13.0 Å². The summed E-state index contributed by atoms with van der Waals surface area (Å²) in [6.07, 6.45) is 1.56. The Morgan fingerprint density at radius 2 is 2.50 bits per heavy atom. The van der Waals surface area contributed by atoms with Crippen LogP contribution in [0.4, 0.5) is 0 Å². The van der Waals surface area contributed by atoms with E-state index in [1.165, 1.54) is 6.92 Å². The Kier molecular flexibility index (Phi) is 1.05. The van der Waals surface area contributed by atoms with Gasteiger partial charge in [-0.15, -0.1) is 0 Å². The highest BCUT2D eigenvalue weighted by Crippen LogP contribution is 2.00. The highest BCUT2D eigenvalue weighted by Gasteiger charge is 1.99. The van der Waals surface area contributed by atoms with E-state index in [-0.39, 0.29) is 5.97 Å². The summed E-state index contributed by atoms with van der Waals surface area (Å²) in [7, 11) is 0. The zero-order chi connectivity index (χ0) is 5.98. The molecular weight excluding hydrogens is 104 g/mol. The molecule has 0 saturated heterocycles. The third kappa shape index (κ3) is 0.881. The van der Waals surface area contributed by atoms with Gasteiger partial charge in [-0.05, 0) is 5.92 Å². The Labute approximate surface area is 47.1 Å². The lowest BCUT2D eigenvalue weighted by Crippen LogP contribution is -1.99. The number of hydrogen-bond donors (Lipinski definition) is 0. The van der Waals surface area contributed by atoms with E-state index in [1.807, 2.05) is 0 Å². The Morgan fingerprint density at radius 3 is 2.62 bits per heavy atom. The van der Waals surface area contributed by atoms with E-state index in [2.05, 4.69) is 16.6 Å². The van der Waals surface area contributed by atoms with Gasteiger partial charge >= 0.3 is 5.97 Å². The number of hydrogen-bond acceptors (Lipinski definition) is 2. The molecule has 0 amide bonds. The van der Waals surface area contributed by atoms with Gasteiger partial charge < -0.3 is 4.74 Å². The van der Waals surface area contributed by atoms with Gasteiger partial charge in [-0.1, -0.05) is 5.92 Å². The first-order valence-electron chi connectivity index (χ1n) is 2.19. The van der Waals surface area contributed by atoms with Crippen molar-refractivity contribution in [3.8, 4) is 11.8 Å². The molecule has 0 atom stereocenters. The third-order valence-electron chi connectivity index (χ3n) is 0.652. The fraction of sp³-hybridized carbons (Fsp3) is 0.167. The molecule has 0 N–H and O–H groups in total. The fourth-order valence-corrected chi connectivity index (χ4v) is 0.341. The molecule has 2 heteroatoms. The monoisotopic (exact) mass is 108 g/mol. The summed E-state index contributed by atoms with van der Waals surface area (Å²) in [5.74, 6) is 5.28. The minimum absolute atomic E-state index is 0.315. The second-order valence-corrected chi connectivity index (χ2v) is 1.37. The van der Waals surface area contributed by atoms with Crippen molar-refractivity contribution in [2.24, 2.45) is 0 Å². The van der Waals surface area contributed by atoms with Crippen molar-refractivity contribution in [2.75, 3.05) is 0 Å². The van der Waals surface area contributed by atoms with Crippen molar-refractivity contribution < 1.29 is 9.53 Å². The molecule has 0 aliphatic heterocycles. The predicted molar refractivity (Wildman–Crippen MR) is 27.6 cm³/mol. The highest BCUT2D eigenvalue weighted by atomic mass is 16.5. The SMILES string of the molecule is CC(=O)OC1=CC#C1. The molecular formula is C6H4O2. The van der Waals surface area contributed by atoms with Crippen molar-refractivity contribution in [1.82, 2.24) is 0 Å². The van der Waals surface area contributed by atoms with Crippen molar-refractivity contribution in [3.05, 3.63) is 11.8 Å². The number of carbonyl (C=O) groups is 1. The second kappa shape index (κ2) is 1.71. The first-order chi connectivity index (χ1) is 3.79. The minimum Gasteiger partial charge on any atom is -0.417 e. The largest absolute Gasteiger partial charge is 0.417 e. The maximum Gasteiger partial charge on any atom is 0.308 e. The lowest BCUT2D eigenvalue weighted by Gasteiger charge is -1.99. The van der Waals surface area contributed by atoms with E-state index in [0.717, 1.165) is 0 Å². The molecule has 0 heterocycles. The molecule has 0 unspecified atom stereocenters. The van der Waals surface area contributed by atoms with E-state index in [9.17, 15) is 4.79 Å². The van der Waals surface area contributed by atoms with E-state index >= 15 is 0 Å². The zero-order valence-corrected chi connectivity index (χ0v) is 4.39. The second-order valence-electron chi connectivity index (χ2n) is 1.37. The van der Waals surface area contributed by atoms with Crippen LogP contribution in [0.1, 0.15) is 6.92 Å². The van der Waals surface area contributed by atoms with Crippen LogP contribution < -0.4 is 0 Å². The van der Waals surface area contributed by atoms with Crippen LogP contribution in [-0.4, -0.2) is 5.97 Å². The number of esters is 1. The van der Waals surface area contributed by atoms with Gasteiger partial charge in [-0.25, -0.2) is 0 Å². The Balaban J connectivity index is 2.35. The summed E-state index contributed by atoms with van der Waals surface area (Å²) < 4.78 is 4.53. The van der Waals surface area contributed by atoms with Crippen LogP contribution in [0.3, 0.4) is 0 Å². The molecule has 0 aromatic rings. The van der Waals surface area contributed by atoms with E-state index in [1.54, 1.807) is 6.08 Å². The van der Waals surface area contributed by atoms with Crippen molar-refractivity contribution >= 4 is 5.97 Å². The van der Waals surface area contributed by atoms with Crippen LogP contribution in [0.2, 0.25) is 0 Å². The molecule has 40 valence electrons. The molecule has 0 saturated carbocycles. The van der Waals surface area contributed by atoms with Crippen LogP contribution >= 0.6 is 0 Å². The van der Waals surface area contributed by atoms with Crippen LogP contribution in [0.25, 0.3) is 0 Å². The van der Waals surface area contributed by atoms with Crippen LogP contribution in [0, 0.1) is 11.8 Å². The van der Waals surface area contributed by atoms with Crippen LogP contribution in [-0.2, 0) is 9.53 Å². The number of carbonyl (C=O) groups excluding carboxylic acids is 1. The average Bonchev–Trinajstić information content (AvgIpc) is 1.55. The normalized spacial score (nSPS) is 12.4. The lowest BCUT2D eigenvalue weighted by molar-refractivity contribution is -0.136. The highest BCUT2D eigenvalue weighted by molar-refractivity contribution is 5.69. The molecule has 0 bridgehead atoms. The summed E-state index contributed by atoms with van der Waals surface area (Å²) in [5, 5.41) is 0. The van der Waals surface area contributed by atoms with E-state index in [4.69, 9.17) is 0 Å². The molecule has 0 radical (unpaired) electrons. The summed E-state index contributed by atoms with van der Waals surface area (Å²) in [5.41, 5.74) is 0. The molecule has 0 fully saturated rings. The fourth-order valence-electron chi connectivity index (χ4n) is 0.341. The zero-order valence-electron chi connectivity index (χ0n) is 4.39. The van der Waals surface area contributed by atoms with Crippen molar-refractivity contribution in [2.45, 2.75) is 6.92 Å². The smallest absolute Gasteiger partial charge is 0.308 e. The van der Waals surface area contributed by atoms with Crippen molar-refractivity contribution in [3.63, 3.8) is 0 Å². The summed E-state index contributed by atoms with van der Waals surface area (Å²) in [4.78, 5) is 10.1. The van der Waals surface area contributed by atoms with Crippen molar-refractivity contribution in [1.29, 1.82) is 0 Å². The molecule has 0 aromatic carbocycles. The van der Waals surface area contributed by atoms with Gasteiger partial charge in [0.1, 0.15) is 0 Å². The summed E-state index contributed by atoms with van der Waals surface area (Å²) in [6, 6.07) is 0. The standard InChI is InChI=1S/C6H4O2/c1-5(7)8-6-3-2-4-6/h3H,1H3. The maximum absolute atomic E-state index is 10.1. The van der Waals surface area contributed by atoms with Gasteiger partial charge in [-0.3, -0.25) is 4.79 Å². The first-order valence-corrected chi connectivity index (χ1v) is 2.19. The lowest BCUT2D eigenvalue weighted by atomic mass is 10.3. The van der Waals surface area contributed by atoms with E-state index in [0.29, 0.717) is 5.76 Å². The Bertz CT molecular complexity index is 202. The first kappa shape index (κ1) is 4.92. The van der Waals surface area contributed by atoms with Gasteiger partial charge in [0.25, 0.3) is 0 Å². The molecule has 1 rings (SSSR count). The number of ether oxygens (including phenoxy) is 1. The molecule has 2 nitrogen and oxygen atoms in total. The molecule has 0 aromatic heterocycles. The molecule has 0 spiro atoms. The molecule has 1 aliphatic carbocycles. The summed E-state index contributed by atoms with van der Waals surface area (Å²) in [6.45, 7) is 1.35. The third-order valence-corrected chi connectivity index (χ3v) is 0.652. The average molecular weight is 108 g/mol. The number of rotatable bonds is 1. The quantitative estimate of drug-likeness (QED) is 0.360. The van der Waals surface area contributed by atoms with Gasteiger partial charge in [-0.2, -0.15) is 0 Å². The van der Waals surface area contributed by atoms with Gasteiger partial charge in [0.15, 0.2) is 5.76 Å². The van der Waals surface area contributed by atoms with Gasteiger partial charge in [0.05, 0.1) is 0 Å². The molecule has 1 aliphatic rings. The van der Waals surface area contributed by atoms with Crippen LogP contribution in [0.15, 0.2) is 11.8 Å². The maximum atomic E-state index is 10.1.